The molecule has 0 amide bonds. The van der Waals surface area contributed by atoms with Gasteiger partial charge >= 0.3 is 5.97 Å². The fraction of sp³-hybridized carbons (Fsp3) is 0.143. The number of carbonyl (C=O) groups is 1. The van der Waals surface area contributed by atoms with Crippen molar-refractivity contribution in [2.24, 2.45) is 0 Å². The summed E-state index contributed by atoms with van der Waals surface area (Å²) in [7, 11) is 1.08. The molecule has 3 nitrogen and oxygen atoms in total. The van der Waals surface area contributed by atoms with Gasteiger partial charge in [0.05, 0.1) is 13.3 Å². The molecule has 0 unspecified atom stereocenters. The summed E-state index contributed by atoms with van der Waals surface area (Å²) >= 11 is 0. The minimum atomic E-state index is -0.922. The molecular weight excluding hydrogens is 168 g/mol. The molecule has 0 fully saturated rings. The number of hydrogen-bond donors (Lipinski definition) is 0. The van der Waals surface area contributed by atoms with E-state index in [-0.39, 0.29) is 0 Å². The smallest absolute Gasteiger partial charge is 0.341 e. The van der Waals surface area contributed by atoms with E-state index in [0.717, 1.165) is 7.11 Å². The van der Waals surface area contributed by atoms with Crippen molar-refractivity contribution in [2.75, 3.05) is 7.11 Å². The molecule has 5 heteroatoms. The molecule has 0 aliphatic heterocycles. The number of methoxy groups -OCH3 is 1. The van der Waals surface area contributed by atoms with Gasteiger partial charge in [-0.05, 0) is 0 Å². The molecule has 0 aliphatic rings. The largest absolute Gasteiger partial charge is 0.465 e. The molecule has 1 heterocycles. The van der Waals surface area contributed by atoms with Gasteiger partial charge in [0.25, 0.3) is 0 Å². The highest BCUT2D eigenvalue weighted by molar-refractivity contribution is 5.89. The van der Waals surface area contributed by atoms with Gasteiger partial charge in [0.15, 0.2) is 5.82 Å². The van der Waals surface area contributed by atoms with Crippen LogP contribution in [0.4, 0.5) is 8.78 Å². The highest BCUT2D eigenvalue weighted by Crippen LogP contribution is 2.07. The van der Waals surface area contributed by atoms with E-state index in [1.54, 1.807) is 0 Å². The van der Waals surface area contributed by atoms with Gasteiger partial charge in [-0.1, -0.05) is 0 Å². The summed E-state index contributed by atoms with van der Waals surface area (Å²) in [5, 5.41) is 0. The van der Waals surface area contributed by atoms with E-state index in [9.17, 15) is 13.6 Å². The van der Waals surface area contributed by atoms with Gasteiger partial charge in [-0.3, -0.25) is 0 Å². The molecule has 12 heavy (non-hydrogen) atoms. The predicted molar refractivity (Wildman–Crippen MR) is 35.5 cm³/mol. The van der Waals surface area contributed by atoms with E-state index in [0.29, 0.717) is 12.3 Å². The van der Waals surface area contributed by atoms with E-state index >= 15 is 0 Å². The van der Waals surface area contributed by atoms with Crippen LogP contribution in [-0.4, -0.2) is 18.1 Å². The minimum Gasteiger partial charge on any atom is -0.465 e. The Bertz CT molecular complexity index is 314. The zero-order chi connectivity index (χ0) is 9.14. The number of carbonyl (C=O) groups excluding carboxylic acids is 1. The van der Waals surface area contributed by atoms with Crippen LogP contribution in [0.2, 0.25) is 0 Å². The van der Waals surface area contributed by atoms with Gasteiger partial charge in [-0.15, -0.1) is 0 Å². The maximum Gasteiger partial charge on any atom is 0.341 e. The second-order valence-electron chi connectivity index (χ2n) is 1.98. The average Bonchev–Trinajstić information content (AvgIpc) is 2.08. The molecule has 0 aliphatic carbocycles. The molecule has 1 rings (SSSR count). The lowest BCUT2D eigenvalue weighted by atomic mass is 10.2. The lowest BCUT2D eigenvalue weighted by molar-refractivity contribution is 0.0594. The first-order valence-corrected chi connectivity index (χ1v) is 3.04. The molecule has 0 aromatic carbocycles. The van der Waals surface area contributed by atoms with Gasteiger partial charge in [0.2, 0.25) is 5.95 Å². The molecule has 1 aromatic rings. The van der Waals surface area contributed by atoms with Gasteiger partial charge in [-0.2, -0.15) is 4.39 Å². The first-order valence-electron chi connectivity index (χ1n) is 3.04. The van der Waals surface area contributed by atoms with Crippen molar-refractivity contribution < 1.29 is 18.3 Å². The molecule has 64 valence electrons. The van der Waals surface area contributed by atoms with Crippen LogP contribution in [0.15, 0.2) is 12.3 Å². The van der Waals surface area contributed by atoms with Crippen LogP contribution in [0.1, 0.15) is 10.4 Å². The van der Waals surface area contributed by atoms with E-state index in [1.807, 2.05) is 0 Å². The molecule has 0 bridgehead atoms. The second kappa shape index (κ2) is 3.25. The molecule has 0 spiro atoms. The Hall–Kier alpha value is -1.52. The van der Waals surface area contributed by atoms with E-state index < -0.39 is 23.3 Å². The number of nitrogens with zero attached hydrogens (tertiary/aromatic N) is 1. The summed E-state index contributed by atoms with van der Waals surface area (Å²) in [6, 6.07) is 0.682. The summed E-state index contributed by atoms with van der Waals surface area (Å²) in [4.78, 5) is 13.7. The van der Waals surface area contributed by atoms with Gasteiger partial charge in [0, 0.05) is 6.07 Å². The first kappa shape index (κ1) is 8.58. The van der Waals surface area contributed by atoms with Crippen LogP contribution < -0.4 is 0 Å². The number of halogens is 2. The van der Waals surface area contributed by atoms with Crippen molar-refractivity contribution in [3.8, 4) is 0 Å². The molecular formula is C7H5F2NO2. The monoisotopic (exact) mass is 173 g/mol. The molecule has 0 radical (unpaired) electrons. The average molecular weight is 173 g/mol. The summed E-state index contributed by atoms with van der Waals surface area (Å²) in [5.74, 6) is -2.74. The van der Waals surface area contributed by atoms with Gasteiger partial charge in [0.1, 0.15) is 5.56 Å². The Morgan fingerprint density at radius 2 is 2.25 bits per heavy atom. The van der Waals surface area contributed by atoms with E-state index in [1.165, 1.54) is 0 Å². The molecule has 0 saturated carbocycles. The lowest BCUT2D eigenvalue weighted by Gasteiger charge is -1.99. The van der Waals surface area contributed by atoms with Gasteiger partial charge < -0.3 is 4.74 Å². The summed E-state index contributed by atoms with van der Waals surface area (Å²) < 4.78 is 29.2. The number of pyridine rings is 1. The van der Waals surface area contributed by atoms with Crippen molar-refractivity contribution >= 4 is 5.97 Å². The van der Waals surface area contributed by atoms with Crippen molar-refractivity contribution in [1.82, 2.24) is 4.98 Å². The van der Waals surface area contributed by atoms with E-state index in [2.05, 4.69) is 9.72 Å². The Kier molecular flexibility index (Phi) is 2.32. The topological polar surface area (TPSA) is 39.2 Å². The van der Waals surface area contributed by atoms with Crippen LogP contribution in [0.25, 0.3) is 0 Å². The third kappa shape index (κ3) is 1.55. The highest BCUT2D eigenvalue weighted by atomic mass is 19.1. The number of rotatable bonds is 1. The molecule has 0 atom stereocenters. The Morgan fingerprint density at radius 1 is 1.58 bits per heavy atom. The number of ether oxygens (including phenoxy) is 1. The minimum absolute atomic E-state index is 0.454. The SMILES string of the molecule is COC(=O)c1cc(F)ncc1F. The molecule has 1 aromatic heterocycles. The zero-order valence-corrected chi connectivity index (χ0v) is 6.17. The van der Waals surface area contributed by atoms with Crippen molar-refractivity contribution in [1.29, 1.82) is 0 Å². The van der Waals surface area contributed by atoms with Crippen LogP contribution in [-0.2, 0) is 4.74 Å². The first-order chi connectivity index (χ1) is 5.65. The predicted octanol–water partition coefficient (Wildman–Crippen LogP) is 1.15. The lowest BCUT2D eigenvalue weighted by Crippen LogP contribution is -2.05. The Balaban J connectivity index is 3.13. The summed E-state index contributed by atoms with van der Waals surface area (Å²) in [5.41, 5.74) is -0.454. The van der Waals surface area contributed by atoms with Crippen molar-refractivity contribution in [2.45, 2.75) is 0 Å². The maximum atomic E-state index is 12.7. The van der Waals surface area contributed by atoms with E-state index in [4.69, 9.17) is 0 Å². The number of esters is 1. The van der Waals surface area contributed by atoms with Crippen LogP contribution >= 0.6 is 0 Å². The fourth-order valence-corrected chi connectivity index (χ4v) is 0.680. The quantitative estimate of drug-likeness (QED) is 0.472. The third-order valence-corrected chi connectivity index (χ3v) is 1.23. The van der Waals surface area contributed by atoms with Crippen LogP contribution in [0.3, 0.4) is 0 Å². The zero-order valence-electron chi connectivity index (χ0n) is 6.17. The molecule has 0 N–H and O–H groups in total. The van der Waals surface area contributed by atoms with Gasteiger partial charge in [-0.25, -0.2) is 14.2 Å². The third-order valence-electron chi connectivity index (χ3n) is 1.23. The standard InChI is InChI=1S/C7H5F2NO2/c1-12-7(11)4-2-6(9)10-3-5(4)8/h2-3H,1H3. The van der Waals surface area contributed by atoms with Crippen LogP contribution in [0, 0.1) is 11.8 Å². The Morgan fingerprint density at radius 3 is 2.83 bits per heavy atom. The Labute approximate surface area is 67.0 Å². The van der Waals surface area contributed by atoms with Crippen molar-refractivity contribution in [3.63, 3.8) is 0 Å². The summed E-state index contributed by atoms with van der Waals surface area (Å²) in [6.45, 7) is 0. The maximum absolute atomic E-state index is 12.7. The molecule has 0 saturated heterocycles. The van der Waals surface area contributed by atoms with Crippen molar-refractivity contribution in [3.05, 3.63) is 29.6 Å². The number of hydrogen-bond acceptors (Lipinski definition) is 3. The fourth-order valence-electron chi connectivity index (χ4n) is 0.680. The second-order valence-corrected chi connectivity index (χ2v) is 1.98. The van der Waals surface area contributed by atoms with Crippen LogP contribution in [0.5, 0.6) is 0 Å². The summed E-state index contributed by atoms with van der Waals surface area (Å²) in [6.07, 6.45) is 0.627. The highest BCUT2D eigenvalue weighted by Gasteiger charge is 2.13. The normalized spacial score (nSPS) is 9.58. The number of aromatic nitrogens is 1.